The zero-order valence-electron chi connectivity index (χ0n) is 10.4. The minimum absolute atomic E-state index is 0.102. The van der Waals surface area contributed by atoms with Crippen LogP contribution in [0.3, 0.4) is 0 Å². The van der Waals surface area contributed by atoms with E-state index in [4.69, 9.17) is 4.42 Å². The van der Waals surface area contributed by atoms with E-state index in [-0.39, 0.29) is 11.4 Å². The van der Waals surface area contributed by atoms with Crippen molar-refractivity contribution in [2.45, 2.75) is 26.8 Å². The third-order valence-electron chi connectivity index (χ3n) is 2.90. The molecule has 18 heavy (non-hydrogen) atoms. The predicted octanol–water partition coefficient (Wildman–Crippen LogP) is 1.06. The lowest BCUT2D eigenvalue weighted by Crippen LogP contribution is -2.33. The van der Waals surface area contributed by atoms with Crippen molar-refractivity contribution >= 4 is 0 Å². The number of hydrogen-bond acceptors (Lipinski definition) is 4. The van der Waals surface area contributed by atoms with Gasteiger partial charge in [-0.05, 0) is 32.9 Å². The van der Waals surface area contributed by atoms with Gasteiger partial charge in [0.25, 0.3) is 5.56 Å². The first kappa shape index (κ1) is 12.2. The Labute approximate surface area is 103 Å². The third kappa shape index (κ3) is 1.85. The first-order valence-corrected chi connectivity index (χ1v) is 5.52. The van der Waals surface area contributed by atoms with Gasteiger partial charge in [0.05, 0.1) is 11.6 Å². The quantitative estimate of drug-likeness (QED) is 0.834. The molecule has 1 atom stereocenters. The average Bonchev–Trinajstić information content (AvgIpc) is 2.73. The van der Waals surface area contributed by atoms with E-state index in [1.165, 1.54) is 6.92 Å². The molecule has 6 heteroatoms. The summed E-state index contributed by atoms with van der Waals surface area (Å²) in [5.41, 5.74) is -1.15. The second-order valence-corrected chi connectivity index (χ2v) is 4.20. The molecule has 0 saturated heterocycles. The third-order valence-corrected chi connectivity index (χ3v) is 2.90. The van der Waals surface area contributed by atoms with Crippen molar-refractivity contribution in [3.63, 3.8) is 0 Å². The van der Waals surface area contributed by atoms with Gasteiger partial charge < -0.3 is 9.52 Å². The van der Waals surface area contributed by atoms with Crippen molar-refractivity contribution < 1.29 is 9.52 Å². The van der Waals surface area contributed by atoms with Crippen molar-refractivity contribution in [1.29, 1.82) is 0 Å². The molecule has 2 aromatic rings. The Morgan fingerprint density at radius 2 is 2.00 bits per heavy atom. The van der Waals surface area contributed by atoms with Crippen LogP contribution in [0.25, 0.3) is 0 Å². The monoisotopic (exact) mass is 250 g/mol. The SMILES string of the molecule is Cc1ccc(C(C)n2c(O)c(C)c(=O)[nH]c2=O)o1. The van der Waals surface area contributed by atoms with E-state index in [1.54, 1.807) is 26.0 Å². The van der Waals surface area contributed by atoms with Crippen LogP contribution in [0.1, 0.15) is 30.0 Å². The average molecular weight is 250 g/mol. The largest absolute Gasteiger partial charge is 0.494 e. The Kier molecular flexibility index (Phi) is 2.86. The van der Waals surface area contributed by atoms with Gasteiger partial charge in [-0.25, -0.2) is 4.79 Å². The van der Waals surface area contributed by atoms with E-state index in [0.29, 0.717) is 11.5 Å². The number of aromatic amines is 1. The molecule has 0 fully saturated rings. The van der Waals surface area contributed by atoms with Crippen LogP contribution in [0.15, 0.2) is 26.1 Å². The number of rotatable bonds is 2. The molecule has 2 heterocycles. The Bertz CT molecular complexity index is 693. The van der Waals surface area contributed by atoms with E-state index in [2.05, 4.69) is 4.98 Å². The van der Waals surface area contributed by atoms with Crippen LogP contribution in [0.4, 0.5) is 0 Å². The summed E-state index contributed by atoms with van der Waals surface area (Å²) in [5, 5.41) is 9.90. The van der Waals surface area contributed by atoms with Gasteiger partial charge >= 0.3 is 5.69 Å². The van der Waals surface area contributed by atoms with Crippen LogP contribution in [0, 0.1) is 13.8 Å². The normalized spacial score (nSPS) is 12.6. The highest BCUT2D eigenvalue weighted by atomic mass is 16.3. The molecular weight excluding hydrogens is 236 g/mol. The maximum absolute atomic E-state index is 11.7. The van der Waals surface area contributed by atoms with E-state index >= 15 is 0 Å². The van der Waals surface area contributed by atoms with Crippen molar-refractivity contribution in [2.75, 3.05) is 0 Å². The molecule has 2 rings (SSSR count). The van der Waals surface area contributed by atoms with Crippen LogP contribution >= 0.6 is 0 Å². The molecule has 2 N–H and O–H groups in total. The van der Waals surface area contributed by atoms with Crippen LogP contribution in [0.2, 0.25) is 0 Å². The van der Waals surface area contributed by atoms with Gasteiger partial charge in [0, 0.05) is 0 Å². The van der Waals surface area contributed by atoms with Crippen LogP contribution in [-0.4, -0.2) is 14.7 Å². The van der Waals surface area contributed by atoms with E-state index < -0.39 is 17.3 Å². The smallest absolute Gasteiger partial charge is 0.331 e. The maximum Gasteiger partial charge on any atom is 0.331 e. The molecule has 0 amide bonds. The molecule has 0 aliphatic rings. The van der Waals surface area contributed by atoms with Crippen molar-refractivity contribution in [2.24, 2.45) is 0 Å². The minimum atomic E-state index is -0.662. The first-order valence-electron chi connectivity index (χ1n) is 5.52. The first-order chi connectivity index (χ1) is 8.41. The lowest BCUT2D eigenvalue weighted by Gasteiger charge is -2.15. The van der Waals surface area contributed by atoms with Gasteiger partial charge in [0.1, 0.15) is 11.5 Å². The van der Waals surface area contributed by atoms with Crippen LogP contribution in [-0.2, 0) is 0 Å². The second kappa shape index (κ2) is 4.21. The number of aromatic hydroxyl groups is 1. The predicted molar refractivity (Wildman–Crippen MR) is 65.0 cm³/mol. The summed E-state index contributed by atoms with van der Waals surface area (Å²) in [6, 6.07) is 3.00. The number of aryl methyl sites for hydroxylation is 1. The topological polar surface area (TPSA) is 88.2 Å². The second-order valence-electron chi connectivity index (χ2n) is 4.20. The minimum Gasteiger partial charge on any atom is -0.494 e. The molecule has 96 valence electrons. The fourth-order valence-electron chi connectivity index (χ4n) is 1.79. The summed E-state index contributed by atoms with van der Waals surface area (Å²) in [6.45, 7) is 4.94. The number of nitrogens with one attached hydrogen (secondary N) is 1. The van der Waals surface area contributed by atoms with Crippen molar-refractivity contribution in [1.82, 2.24) is 9.55 Å². The maximum atomic E-state index is 11.7. The Morgan fingerprint density at radius 1 is 1.33 bits per heavy atom. The highest BCUT2D eigenvalue weighted by Gasteiger charge is 2.19. The van der Waals surface area contributed by atoms with Gasteiger partial charge in [-0.1, -0.05) is 0 Å². The summed E-state index contributed by atoms with van der Waals surface area (Å²) >= 11 is 0. The fraction of sp³-hybridized carbons (Fsp3) is 0.333. The molecule has 1 unspecified atom stereocenters. The number of hydrogen-bond donors (Lipinski definition) is 2. The van der Waals surface area contributed by atoms with E-state index in [0.717, 1.165) is 4.57 Å². The Morgan fingerprint density at radius 3 is 2.56 bits per heavy atom. The van der Waals surface area contributed by atoms with E-state index in [1.807, 2.05) is 0 Å². The Hall–Kier alpha value is -2.24. The van der Waals surface area contributed by atoms with E-state index in [9.17, 15) is 14.7 Å². The summed E-state index contributed by atoms with van der Waals surface area (Å²) in [7, 11) is 0. The molecule has 2 aromatic heterocycles. The van der Waals surface area contributed by atoms with Crippen LogP contribution in [0.5, 0.6) is 5.88 Å². The zero-order valence-corrected chi connectivity index (χ0v) is 10.4. The van der Waals surface area contributed by atoms with Gasteiger partial charge in [-0.15, -0.1) is 0 Å². The zero-order chi connectivity index (χ0) is 13.4. The van der Waals surface area contributed by atoms with Gasteiger partial charge in [-0.3, -0.25) is 14.3 Å². The standard InChI is InChI=1S/C12H14N2O4/c1-6-4-5-9(18-6)8(3)14-11(16)7(2)10(15)13-12(14)17/h4-5,8,16H,1-3H3,(H,13,15,17). The van der Waals surface area contributed by atoms with Gasteiger partial charge in [0.2, 0.25) is 5.88 Å². The molecule has 0 bridgehead atoms. The lowest BCUT2D eigenvalue weighted by molar-refractivity contribution is 0.355. The molecule has 0 saturated carbocycles. The number of furan rings is 1. The highest BCUT2D eigenvalue weighted by Crippen LogP contribution is 2.23. The molecule has 0 aromatic carbocycles. The number of H-pyrrole nitrogens is 1. The number of aromatic nitrogens is 2. The molecule has 0 aliphatic heterocycles. The molecular formula is C12H14N2O4. The van der Waals surface area contributed by atoms with Gasteiger partial charge in [0.15, 0.2) is 0 Å². The number of nitrogens with zero attached hydrogens (tertiary/aromatic N) is 1. The highest BCUT2D eigenvalue weighted by molar-refractivity contribution is 5.23. The lowest BCUT2D eigenvalue weighted by atomic mass is 10.2. The summed E-state index contributed by atoms with van der Waals surface area (Å²) < 4.78 is 6.51. The van der Waals surface area contributed by atoms with Gasteiger partial charge in [-0.2, -0.15) is 0 Å². The van der Waals surface area contributed by atoms with Crippen molar-refractivity contribution in [3.8, 4) is 5.88 Å². The molecule has 0 aliphatic carbocycles. The van der Waals surface area contributed by atoms with Crippen molar-refractivity contribution in [3.05, 3.63) is 50.1 Å². The summed E-state index contributed by atoms with van der Waals surface area (Å²) in [5.74, 6) is 0.909. The Balaban J connectivity index is 2.62. The fourth-order valence-corrected chi connectivity index (χ4v) is 1.79. The summed E-state index contributed by atoms with van der Waals surface area (Å²) in [4.78, 5) is 25.2. The molecule has 6 nitrogen and oxygen atoms in total. The molecule has 0 spiro atoms. The summed E-state index contributed by atoms with van der Waals surface area (Å²) in [6.07, 6.45) is 0. The van der Waals surface area contributed by atoms with Crippen LogP contribution < -0.4 is 11.2 Å². The molecule has 0 radical (unpaired) electrons.